The van der Waals surface area contributed by atoms with Gasteiger partial charge in [-0.25, -0.2) is 4.98 Å². The molecule has 6 nitrogen and oxygen atoms in total. The fraction of sp³-hybridized carbons (Fsp3) is 0.185. The molecule has 1 aliphatic rings. The lowest BCUT2D eigenvalue weighted by Crippen LogP contribution is -2.35. The molecule has 0 spiro atoms. The Hall–Kier alpha value is -4.06. The van der Waals surface area contributed by atoms with E-state index in [4.69, 9.17) is 4.74 Å². The van der Waals surface area contributed by atoms with Crippen molar-refractivity contribution in [1.82, 2.24) is 19.3 Å². The van der Waals surface area contributed by atoms with Gasteiger partial charge in [-0.05, 0) is 42.8 Å². The van der Waals surface area contributed by atoms with Crippen molar-refractivity contribution in [3.63, 3.8) is 0 Å². The summed E-state index contributed by atoms with van der Waals surface area (Å²) >= 11 is 0. The Kier molecular flexibility index (Phi) is 4.64. The number of carbonyl (C=O) groups is 1. The first-order chi connectivity index (χ1) is 16.1. The molecule has 0 saturated heterocycles. The van der Waals surface area contributed by atoms with Crippen LogP contribution in [0.3, 0.4) is 0 Å². The van der Waals surface area contributed by atoms with E-state index in [1.807, 2.05) is 70.2 Å². The van der Waals surface area contributed by atoms with Gasteiger partial charge in [0, 0.05) is 59.6 Å². The summed E-state index contributed by atoms with van der Waals surface area (Å²) in [7, 11) is 0. The number of nitrogens with one attached hydrogen (secondary N) is 1. The highest BCUT2D eigenvalue weighted by Gasteiger charge is 2.25. The summed E-state index contributed by atoms with van der Waals surface area (Å²) in [6.07, 6.45) is 4.85. The topological polar surface area (TPSA) is 62.6 Å². The van der Waals surface area contributed by atoms with Crippen LogP contribution >= 0.6 is 0 Å². The van der Waals surface area contributed by atoms with Crippen LogP contribution in [0.1, 0.15) is 32.9 Å². The Balaban J connectivity index is 1.18. The van der Waals surface area contributed by atoms with E-state index in [0.29, 0.717) is 31.0 Å². The molecule has 164 valence electrons. The molecule has 3 aromatic heterocycles. The van der Waals surface area contributed by atoms with Gasteiger partial charge in [-0.1, -0.05) is 30.3 Å². The summed E-state index contributed by atoms with van der Waals surface area (Å²) in [5.41, 5.74) is 7.15. The van der Waals surface area contributed by atoms with Crippen molar-refractivity contribution >= 4 is 22.5 Å². The van der Waals surface area contributed by atoms with Crippen LogP contribution in [-0.2, 0) is 19.6 Å². The normalized spacial score (nSPS) is 13.4. The molecule has 0 saturated carbocycles. The standard InChI is InChI=1S/C27H24N4O2/c1-18-9-10-26-28-20(15-31(26)14-18)17-33-21-6-4-5-19(13-21)27(32)30-12-11-25-23(16-30)22-7-2-3-8-24(22)29-25/h2-10,13-15,29H,11-12,16-17H2,1H3. The van der Waals surface area contributed by atoms with Crippen LogP contribution in [0.5, 0.6) is 5.75 Å². The molecule has 0 fully saturated rings. The molecule has 4 heterocycles. The van der Waals surface area contributed by atoms with E-state index in [1.54, 1.807) is 0 Å². The van der Waals surface area contributed by atoms with Gasteiger partial charge >= 0.3 is 0 Å². The van der Waals surface area contributed by atoms with Crippen LogP contribution in [0.2, 0.25) is 0 Å². The van der Waals surface area contributed by atoms with Crippen molar-refractivity contribution < 1.29 is 9.53 Å². The van der Waals surface area contributed by atoms with E-state index >= 15 is 0 Å². The van der Waals surface area contributed by atoms with E-state index in [0.717, 1.165) is 23.3 Å². The van der Waals surface area contributed by atoms with Crippen molar-refractivity contribution in [2.24, 2.45) is 0 Å². The lowest BCUT2D eigenvalue weighted by Gasteiger charge is -2.27. The van der Waals surface area contributed by atoms with Crippen molar-refractivity contribution in [3.8, 4) is 5.75 Å². The van der Waals surface area contributed by atoms with E-state index in [1.165, 1.54) is 22.2 Å². The predicted octanol–water partition coefficient (Wildman–Crippen LogP) is 4.90. The van der Waals surface area contributed by atoms with Crippen LogP contribution in [0.25, 0.3) is 16.6 Å². The first-order valence-corrected chi connectivity index (χ1v) is 11.2. The van der Waals surface area contributed by atoms with Gasteiger partial charge in [0.1, 0.15) is 18.0 Å². The van der Waals surface area contributed by atoms with Gasteiger partial charge in [0.15, 0.2) is 0 Å². The number of aryl methyl sites for hydroxylation is 1. The fourth-order valence-electron chi connectivity index (χ4n) is 4.62. The molecule has 33 heavy (non-hydrogen) atoms. The molecule has 0 atom stereocenters. The van der Waals surface area contributed by atoms with E-state index in [2.05, 4.69) is 29.0 Å². The molecule has 6 rings (SSSR count). The maximum absolute atomic E-state index is 13.3. The van der Waals surface area contributed by atoms with Crippen LogP contribution in [0.4, 0.5) is 0 Å². The number of carbonyl (C=O) groups excluding carboxylic acids is 1. The molecule has 1 aliphatic heterocycles. The van der Waals surface area contributed by atoms with Gasteiger partial charge in [-0.2, -0.15) is 0 Å². The average molecular weight is 437 g/mol. The minimum Gasteiger partial charge on any atom is -0.487 e. The number of H-pyrrole nitrogens is 1. The fourth-order valence-corrected chi connectivity index (χ4v) is 4.62. The number of para-hydroxylation sites is 1. The van der Waals surface area contributed by atoms with Gasteiger partial charge in [0.2, 0.25) is 0 Å². The van der Waals surface area contributed by atoms with Gasteiger partial charge in [-0.3, -0.25) is 4.79 Å². The Bertz CT molecular complexity index is 1500. The highest BCUT2D eigenvalue weighted by molar-refractivity contribution is 5.95. The zero-order valence-corrected chi connectivity index (χ0v) is 18.4. The number of rotatable bonds is 4. The summed E-state index contributed by atoms with van der Waals surface area (Å²) in [6, 6.07) is 19.8. The van der Waals surface area contributed by atoms with Crippen LogP contribution in [0, 0.1) is 6.92 Å². The third-order valence-electron chi connectivity index (χ3n) is 6.29. The minimum atomic E-state index is 0.0274. The monoisotopic (exact) mass is 436 g/mol. The zero-order valence-electron chi connectivity index (χ0n) is 18.4. The highest BCUT2D eigenvalue weighted by Crippen LogP contribution is 2.28. The number of nitrogens with zero attached hydrogens (tertiary/aromatic N) is 3. The minimum absolute atomic E-state index is 0.0274. The number of pyridine rings is 1. The number of aromatic amines is 1. The van der Waals surface area contributed by atoms with Crippen molar-refractivity contribution in [2.75, 3.05) is 6.54 Å². The molecule has 0 aliphatic carbocycles. The number of amides is 1. The molecule has 0 unspecified atom stereocenters. The quantitative estimate of drug-likeness (QED) is 0.436. The van der Waals surface area contributed by atoms with E-state index in [9.17, 15) is 4.79 Å². The molecular formula is C27H24N4O2. The lowest BCUT2D eigenvalue weighted by atomic mass is 10.0. The summed E-state index contributed by atoms with van der Waals surface area (Å²) in [5, 5.41) is 1.20. The number of fused-ring (bicyclic) bond motifs is 4. The summed E-state index contributed by atoms with van der Waals surface area (Å²) in [6.45, 7) is 3.72. The Morgan fingerprint density at radius 2 is 2.00 bits per heavy atom. The molecule has 2 aromatic carbocycles. The largest absolute Gasteiger partial charge is 0.487 e. The third kappa shape index (κ3) is 3.63. The molecular weight excluding hydrogens is 412 g/mol. The Morgan fingerprint density at radius 3 is 2.94 bits per heavy atom. The van der Waals surface area contributed by atoms with Crippen molar-refractivity contribution in [3.05, 3.63) is 101 Å². The van der Waals surface area contributed by atoms with Crippen LogP contribution < -0.4 is 4.74 Å². The predicted molar refractivity (Wildman–Crippen MR) is 127 cm³/mol. The second-order valence-corrected chi connectivity index (χ2v) is 8.63. The number of hydrogen-bond acceptors (Lipinski definition) is 3. The molecule has 0 bridgehead atoms. The van der Waals surface area contributed by atoms with E-state index in [-0.39, 0.29) is 5.91 Å². The smallest absolute Gasteiger partial charge is 0.254 e. The molecule has 6 heteroatoms. The Labute approximate surface area is 191 Å². The number of hydrogen-bond donors (Lipinski definition) is 1. The lowest BCUT2D eigenvalue weighted by molar-refractivity contribution is 0.0734. The molecule has 5 aromatic rings. The molecule has 1 amide bonds. The van der Waals surface area contributed by atoms with Gasteiger partial charge in [0.05, 0.1) is 5.69 Å². The summed E-state index contributed by atoms with van der Waals surface area (Å²) in [4.78, 5) is 23.3. The van der Waals surface area contributed by atoms with Crippen molar-refractivity contribution in [2.45, 2.75) is 26.5 Å². The summed E-state index contributed by atoms with van der Waals surface area (Å²) < 4.78 is 7.98. The van der Waals surface area contributed by atoms with Gasteiger partial charge < -0.3 is 19.0 Å². The molecule has 0 radical (unpaired) electrons. The van der Waals surface area contributed by atoms with Crippen LogP contribution in [0.15, 0.2) is 73.1 Å². The zero-order chi connectivity index (χ0) is 22.4. The summed E-state index contributed by atoms with van der Waals surface area (Å²) in [5.74, 6) is 0.693. The number of imidazole rings is 1. The second-order valence-electron chi connectivity index (χ2n) is 8.63. The maximum atomic E-state index is 13.3. The Morgan fingerprint density at radius 1 is 1.09 bits per heavy atom. The maximum Gasteiger partial charge on any atom is 0.254 e. The first-order valence-electron chi connectivity index (χ1n) is 11.2. The van der Waals surface area contributed by atoms with E-state index < -0.39 is 0 Å². The SMILES string of the molecule is Cc1ccc2nc(COc3cccc(C(=O)N4CCc5[nH]c6ccccc6c5C4)c3)cn2c1. The van der Waals surface area contributed by atoms with Gasteiger partial charge in [-0.15, -0.1) is 0 Å². The number of aromatic nitrogens is 3. The second kappa shape index (κ2) is 7.81. The average Bonchev–Trinajstić information content (AvgIpc) is 3.42. The molecule has 1 N–H and O–H groups in total. The van der Waals surface area contributed by atoms with Gasteiger partial charge in [0.25, 0.3) is 5.91 Å². The van der Waals surface area contributed by atoms with Crippen LogP contribution in [-0.4, -0.2) is 31.7 Å². The third-order valence-corrected chi connectivity index (χ3v) is 6.29. The number of benzene rings is 2. The van der Waals surface area contributed by atoms with Crippen molar-refractivity contribution in [1.29, 1.82) is 0 Å². The first kappa shape index (κ1) is 19.6. The highest BCUT2D eigenvalue weighted by atomic mass is 16.5. The number of ether oxygens (including phenoxy) is 1.